The third kappa shape index (κ3) is 2.74. The quantitative estimate of drug-likeness (QED) is 0.667. The highest BCUT2D eigenvalue weighted by Crippen LogP contribution is 2.33. The van der Waals surface area contributed by atoms with Crippen molar-refractivity contribution in [3.05, 3.63) is 54.1 Å². The van der Waals surface area contributed by atoms with E-state index < -0.39 is 0 Å². The van der Waals surface area contributed by atoms with Crippen LogP contribution in [0.1, 0.15) is 21.5 Å². The SMILES string of the molecule is Cc1ccc(Br)c(C(=O)c2cc(Cl)sc2Cl)c1. The first-order valence-corrected chi connectivity index (χ1v) is 7.11. The zero-order chi connectivity index (χ0) is 12.6. The Morgan fingerprint density at radius 2 is 1.94 bits per heavy atom. The smallest absolute Gasteiger partial charge is 0.196 e. The predicted molar refractivity (Wildman–Crippen MR) is 76.7 cm³/mol. The predicted octanol–water partition coefficient (Wildman–Crippen LogP) is 5.36. The fourth-order valence-electron chi connectivity index (χ4n) is 1.45. The molecule has 0 unspecified atom stereocenters. The van der Waals surface area contributed by atoms with Gasteiger partial charge in [-0.15, -0.1) is 11.3 Å². The van der Waals surface area contributed by atoms with Gasteiger partial charge in [0.05, 0.1) is 9.90 Å². The maximum Gasteiger partial charge on any atom is 0.196 e. The summed E-state index contributed by atoms with van der Waals surface area (Å²) in [7, 11) is 0. The Labute approximate surface area is 121 Å². The second-order valence-electron chi connectivity index (χ2n) is 3.55. The largest absolute Gasteiger partial charge is 0.288 e. The molecule has 1 aromatic heterocycles. The van der Waals surface area contributed by atoms with Crippen molar-refractivity contribution in [3.63, 3.8) is 0 Å². The molecular weight excluding hydrogens is 343 g/mol. The lowest BCUT2D eigenvalue weighted by molar-refractivity contribution is 0.103. The van der Waals surface area contributed by atoms with Gasteiger partial charge in [0.2, 0.25) is 0 Å². The first-order valence-electron chi connectivity index (χ1n) is 4.74. The van der Waals surface area contributed by atoms with Gasteiger partial charge in [0.1, 0.15) is 4.34 Å². The lowest BCUT2D eigenvalue weighted by atomic mass is 10.0. The van der Waals surface area contributed by atoms with E-state index in [1.807, 2.05) is 25.1 Å². The molecule has 1 aromatic carbocycles. The van der Waals surface area contributed by atoms with Crippen molar-refractivity contribution in [1.29, 1.82) is 0 Å². The van der Waals surface area contributed by atoms with Gasteiger partial charge in [-0.3, -0.25) is 4.79 Å². The van der Waals surface area contributed by atoms with Crippen molar-refractivity contribution in [2.45, 2.75) is 6.92 Å². The minimum Gasteiger partial charge on any atom is -0.288 e. The Balaban J connectivity index is 2.50. The minimum atomic E-state index is -0.117. The van der Waals surface area contributed by atoms with E-state index in [0.29, 0.717) is 19.8 Å². The van der Waals surface area contributed by atoms with Crippen LogP contribution in [0.2, 0.25) is 8.67 Å². The third-order valence-electron chi connectivity index (χ3n) is 2.27. The topological polar surface area (TPSA) is 17.1 Å². The Kier molecular flexibility index (Phi) is 3.93. The summed E-state index contributed by atoms with van der Waals surface area (Å²) < 4.78 is 1.70. The highest BCUT2D eigenvalue weighted by Gasteiger charge is 2.18. The summed E-state index contributed by atoms with van der Waals surface area (Å²) in [6.07, 6.45) is 0. The van der Waals surface area contributed by atoms with E-state index in [0.717, 1.165) is 10.0 Å². The number of halogens is 3. The lowest BCUT2D eigenvalue weighted by Gasteiger charge is -2.04. The number of carbonyl (C=O) groups is 1. The maximum absolute atomic E-state index is 12.3. The molecule has 0 aliphatic heterocycles. The molecule has 0 aliphatic rings. The molecule has 0 saturated heterocycles. The zero-order valence-electron chi connectivity index (χ0n) is 8.76. The van der Waals surface area contributed by atoms with Crippen LogP contribution in [-0.4, -0.2) is 5.78 Å². The monoisotopic (exact) mass is 348 g/mol. The number of rotatable bonds is 2. The van der Waals surface area contributed by atoms with Crippen LogP contribution in [0, 0.1) is 6.92 Å². The van der Waals surface area contributed by atoms with Crippen molar-refractivity contribution >= 4 is 56.3 Å². The first-order chi connectivity index (χ1) is 7.99. The van der Waals surface area contributed by atoms with Crippen LogP contribution in [0.25, 0.3) is 0 Å². The van der Waals surface area contributed by atoms with E-state index in [4.69, 9.17) is 23.2 Å². The average Bonchev–Trinajstić information content (AvgIpc) is 2.60. The Morgan fingerprint density at radius 1 is 1.24 bits per heavy atom. The van der Waals surface area contributed by atoms with Crippen LogP contribution >= 0.6 is 50.5 Å². The molecule has 0 fully saturated rings. The molecule has 0 atom stereocenters. The lowest BCUT2D eigenvalue weighted by Crippen LogP contribution is -2.01. The van der Waals surface area contributed by atoms with Gasteiger partial charge < -0.3 is 0 Å². The number of carbonyl (C=O) groups excluding carboxylic acids is 1. The minimum absolute atomic E-state index is 0.117. The van der Waals surface area contributed by atoms with E-state index in [1.54, 1.807) is 6.07 Å². The van der Waals surface area contributed by atoms with E-state index in [9.17, 15) is 4.79 Å². The molecule has 2 rings (SSSR count). The van der Waals surface area contributed by atoms with Crippen molar-refractivity contribution in [2.24, 2.45) is 0 Å². The Morgan fingerprint density at radius 3 is 2.53 bits per heavy atom. The fraction of sp³-hybridized carbons (Fsp3) is 0.0833. The van der Waals surface area contributed by atoms with Gasteiger partial charge in [-0.25, -0.2) is 0 Å². The summed E-state index contributed by atoms with van der Waals surface area (Å²) >= 11 is 16.4. The molecule has 0 amide bonds. The van der Waals surface area contributed by atoms with Gasteiger partial charge in [-0.05, 0) is 25.1 Å². The summed E-state index contributed by atoms with van der Waals surface area (Å²) in [5.41, 5.74) is 2.07. The molecule has 0 bridgehead atoms. The Hall–Kier alpha value is -0.350. The number of aryl methyl sites for hydroxylation is 1. The summed E-state index contributed by atoms with van der Waals surface area (Å²) in [5.74, 6) is -0.117. The maximum atomic E-state index is 12.3. The van der Waals surface area contributed by atoms with Crippen molar-refractivity contribution in [3.8, 4) is 0 Å². The summed E-state index contributed by atoms with van der Waals surface area (Å²) in [6.45, 7) is 1.94. The summed E-state index contributed by atoms with van der Waals surface area (Å²) in [4.78, 5) is 12.3. The molecule has 0 N–H and O–H groups in total. The van der Waals surface area contributed by atoms with Crippen LogP contribution in [0.5, 0.6) is 0 Å². The number of benzene rings is 1. The first kappa shape index (κ1) is 13.1. The van der Waals surface area contributed by atoms with Crippen molar-refractivity contribution < 1.29 is 4.79 Å². The van der Waals surface area contributed by atoms with E-state index in [-0.39, 0.29) is 5.78 Å². The zero-order valence-corrected chi connectivity index (χ0v) is 12.7. The van der Waals surface area contributed by atoms with Crippen LogP contribution in [-0.2, 0) is 0 Å². The number of ketones is 1. The van der Waals surface area contributed by atoms with E-state index in [1.165, 1.54) is 11.3 Å². The number of hydrogen-bond acceptors (Lipinski definition) is 2. The highest BCUT2D eigenvalue weighted by molar-refractivity contribution is 9.10. The van der Waals surface area contributed by atoms with Gasteiger partial charge in [-0.2, -0.15) is 0 Å². The average molecular weight is 350 g/mol. The molecule has 0 spiro atoms. The van der Waals surface area contributed by atoms with Crippen molar-refractivity contribution in [1.82, 2.24) is 0 Å². The molecule has 0 radical (unpaired) electrons. The summed E-state index contributed by atoms with van der Waals surface area (Å²) in [5, 5.41) is 0. The van der Waals surface area contributed by atoms with E-state index in [2.05, 4.69) is 15.9 Å². The normalized spacial score (nSPS) is 10.6. The fourth-order valence-corrected chi connectivity index (χ4v) is 3.34. The summed E-state index contributed by atoms with van der Waals surface area (Å²) in [6, 6.07) is 7.22. The molecule has 88 valence electrons. The van der Waals surface area contributed by atoms with Gasteiger partial charge >= 0.3 is 0 Å². The molecule has 0 saturated carbocycles. The van der Waals surface area contributed by atoms with Crippen LogP contribution < -0.4 is 0 Å². The van der Waals surface area contributed by atoms with Crippen molar-refractivity contribution in [2.75, 3.05) is 0 Å². The van der Waals surface area contributed by atoms with E-state index >= 15 is 0 Å². The van der Waals surface area contributed by atoms with Crippen LogP contribution in [0.15, 0.2) is 28.7 Å². The van der Waals surface area contributed by atoms with Gasteiger partial charge in [0, 0.05) is 10.0 Å². The highest BCUT2D eigenvalue weighted by atomic mass is 79.9. The Bertz CT molecular complexity index is 592. The van der Waals surface area contributed by atoms with Gasteiger partial charge in [0.15, 0.2) is 5.78 Å². The molecule has 1 nitrogen and oxygen atoms in total. The number of hydrogen-bond donors (Lipinski definition) is 0. The third-order valence-corrected chi connectivity index (χ3v) is 4.45. The van der Waals surface area contributed by atoms with Crippen LogP contribution in [0.3, 0.4) is 0 Å². The second kappa shape index (κ2) is 5.11. The molecule has 1 heterocycles. The molecule has 2 aromatic rings. The molecule has 5 heteroatoms. The number of thiophene rings is 1. The molecule has 17 heavy (non-hydrogen) atoms. The van der Waals surface area contributed by atoms with Gasteiger partial charge in [0.25, 0.3) is 0 Å². The second-order valence-corrected chi connectivity index (χ2v) is 6.69. The van der Waals surface area contributed by atoms with Gasteiger partial charge in [-0.1, -0.05) is 50.8 Å². The molecule has 0 aliphatic carbocycles. The molecular formula is C12H7BrCl2OS. The standard InChI is InChI=1S/C12H7BrCl2OS/c1-6-2-3-9(13)7(4-6)11(16)8-5-10(14)17-12(8)15/h2-5H,1H3. The van der Waals surface area contributed by atoms with Crippen LogP contribution in [0.4, 0.5) is 0 Å².